The molecular formula is C12H18FN. The summed E-state index contributed by atoms with van der Waals surface area (Å²) >= 11 is 0. The van der Waals surface area contributed by atoms with Crippen molar-refractivity contribution < 1.29 is 4.39 Å². The number of nitrogens with two attached hydrogens (primary N) is 1. The monoisotopic (exact) mass is 195 g/mol. The molecule has 0 saturated heterocycles. The highest BCUT2D eigenvalue weighted by molar-refractivity contribution is 5.24. The largest absolute Gasteiger partial charge is 0.330 e. The highest BCUT2D eigenvalue weighted by Gasteiger charge is 1.99. The molecule has 0 spiro atoms. The van der Waals surface area contributed by atoms with Crippen LogP contribution in [0.2, 0.25) is 0 Å². The van der Waals surface area contributed by atoms with Crippen LogP contribution in [0.5, 0.6) is 0 Å². The summed E-state index contributed by atoms with van der Waals surface area (Å²) in [5, 5.41) is 0. The Bertz CT molecular complexity index is 284. The van der Waals surface area contributed by atoms with Crippen LogP contribution in [0, 0.1) is 5.82 Å². The average Bonchev–Trinajstić information content (AvgIpc) is 2.17. The van der Waals surface area contributed by atoms with Gasteiger partial charge in [0.15, 0.2) is 0 Å². The fourth-order valence-corrected chi connectivity index (χ4v) is 1.54. The first kappa shape index (κ1) is 11.2. The van der Waals surface area contributed by atoms with E-state index >= 15 is 0 Å². The molecule has 0 fully saturated rings. The molecule has 0 aliphatic carbocycles. The zero-order chi connectivity index (χ0) is 10.4. The van der Waals surface area contributed by atoms with E-state index in [-0.39, 0.29) is 5.82 Å². The number of halogens is 1. The lowest BCUT2D eigenvalue weighted by molar-refractivity contribution is 0.621. The van der Waals surface area contributed by atoms with Crippen LogP contribution < -0.4 is 5.73 Å². The van der Waals surface area contributed by atoms with E-state index in [1.165, 1.54) is 0 Å². The van der Waals surface area contributed by atoms with Crippen LogP contribution in [-0.2, 0) is 12.8 Å². The minimum atomic E-state index is -0.118. The molecule has 1 rings (SSSR count). The van der Waals surface area contributed by atoms with Crippen LogP contribution in [0.15, 0.2) is 18.2 Å². The summed E-state index contributed by atoms with van der Waals surface area (Å²) in [6, 6.07) is 5.31. The van der Waals surface area contributed by atoms with Crippen molar-refractivity contribution in [2.75, 3.05) is 6.54 Å². The van der Waals surface area contributed by atoms with Gasteiger partial charge in [0.1, 0.15) is 5.82 Å². The molecule has 1 aromatic rings. The molecule has 78 valence electrons. The fraction of sp³-hybridized carbons (Fsp3) is 0.500. The fourth-order valence-electron chi connectivity index (χ4n) is 1.54. The second-order valence-corrected chi connectivity index (χ2v) is 3.57. The Morgan fingerprint density at radius 2 is 1.86 bits per heavy atom. The van der Waals surface area contributed by atoms with Crippen LogP contribution in [0.1, 0.15) is 30.9 Å². The van der Waals surface area contributed by atoms with Crippen molar-refractivity contribution in [3.63, 3.8) is 0 Å². The predicted octanol–water partition coefficient (Wildman–Crippen LogP) is 2.67. The van der Waals surface area contributed by atoms with Gasteiger partial charge in [-0.1, -0.05) is 13.0 Å². The summed E-state index contributed by atoms with van der Waals surface area (Å²) in [5.41, 5.74) is 7.57. The van der Waals surface area contributed by atoms with E-state index in [9.17, 15) is 4.39 Å². The van der Waals surface area contributed by atoms with Crippen molar-refractivity contribution in [2.45, 2.75) is 32.6 Å². The zero-order valence-corrected chi connectivity index (χ0v) is 8.72. The Labute approximate surface area is 85.1 Å². The van der Waals surface area contributed by atoms with Gasteiger partial charge in [-0.05, 0) is 55.5 Å². The molecule has 0 amide bonds. The van der Waals surface area contributed by atoms with Crippen molar-refractivity contribution >= 4 is 0 Å². The third-order valence-corrected chi connectivity index (χ3v) is 2.35. The first-order chi connectivity index (χ1) is 6.76. The maximum atomic E-state index is 13.1. The minimum Gasteiger partial charge on any atom is -0.330 e. The van der Waals surface area contributed by atoms with Crippen LogP contribution in [0.25, 0.3) is 0 Å². The highest BCUT2D eigenvalue weighted by Crippen LogP contribution is 2.12. The molecule has 0 bridgehead atoms. The van der Waals surface area contributed by atoms with Gasteiger partial charge in [-0.2, -0.15) is 0 Å². The van der Waals surface area contributed by atoms with Gasteiger partial charge in [0.2, 0.25) is 0 Å². The molecule has 0 saturated carbocycles. The normalized spacial score (nSPS) is 10.5. The summed E-state index contributed by atoms with van der Waals surface area (Å²) < 4.78 is 13.1. The lowest BCUT2D eigenvalue weighted by atomic mass is 10.0. The molecular weight excluding hydrogens is 177 g/mol. The molecule has 0 unspecified atom stereocenters. The average molecular weight is 195 g/mol. The zero-order valence-electron chi connectivity index (χ0n) is 8.72. The lowest BCUT2D eigenvalue weighted by Gasteiger charge is -2.04. The van der Waals surface area contributed by atoms with E-state index in [4.69, 9.17) is 5.73 Å². The van der Waals surface area contributed by atoms with Crippen molar-refractivity contribution in [1.29, 1.82) is 0 Å². The summed E-state index contributed by atoms with van der Waals surface area (Å²) in [6.07, 6.45) is 3.88. The Hall–Kier alpha value is -0.890. The van der Waals surface area contributed by atoms with Crippen LogP contribution in [0.4, 0.5) is 4.39 Å². The molecule has 0 atom stereocenters. The van der Waals surface area contributed by atoms with Gasteiger partial charge in [-0.25, -0.2) is 4.39 Å². The number of aryl methyl sites for hydroxylation is 2. The Balaban J connectivity index is 2.62. The van der Waals surface area contributed by atoms with Crippen molar-refractivity contribution in [1.82, 2.24) is 0 Å². The van der Waals surface area contributed by atoms with E-state index in [0.29, 0.717) is 0 Å². The van der Waals surface area contributed by atoms with Crippen LogP contribution in [-0.4, -0.2) is 6.54 Å². The molecule has 0 aromatic heterocycles. The standard InChI is InChI=1S/C12H18FN/c1-2-10-7-11(5-3-4-6-14)9-12(13)8-10/h7-9H,2-6,14H2,1H3. The summed E-state index contributed by atoms with van der Waals surface area (Å²) in [6.45, 7) is 2.76. The van der Waals surface area contributed by atoms with Crippen LogP contribution in [0.3, 0.4) is 0 Å². The molecule has 1 nitrogen and oxygen atoms in total. The number of hydrogen-bond donors (Lipinski definition) is 1. The Morgan fingerprint density at radius 1 is 1.14 bits per heavy atom. The van der Waals surface area contributed by atoms with E-state index in [0.717, 1.165) is 43.4 Å². The molecule has 14 heavy (non-hydrogen) atoms. The predicted molar refractivity (Wildman–Crippen MR) is 57.8 cm³/mol. The highest BCUT2D eigenvalue weighted by atomic mass is 19.1. The molecule has 0 heterocycles. The van der Waals surface area contributed by atoms with Crippen LogP contribution >= 0.6 is 0 Å². The van der Waals surface area contributed by atoms with Gasteiger partial charge in [0, 0.05) is 0 Å². The van der Waals surface area contributed by atoms with Crippen molar-refractivity contribution in [3.8, 4) is 0 Å². The van der Waals surface area contributed by atoms with Gasteiger partial charge in [-0.3, -0.25) is 0 Å². The molecule has 0 aliphatic rings. The second-order valence-electron chi connectivity index (χ2n) is 3.57. The van der Waals surface area contributed by atoms with E-state index in [1.54, 1.807) is 12.1 Å². The SMILES string of the molecule is CCc1cc(F)cc(CCCCN)c1. The minimum absolute atomic E-state index is 0.118. The maximum Gasteiger partial charge on any atom is 0.123 e. The first-order valence-electron chi connectivity index (χ1n) is 5.24. The third kappa shape index (κ3) is 3.46. The second kappa shape index (κ2) is 5.76. The number of hydrogen-bond acceptors (Lipinski definition) is 1. The molecule has 2 N–H and O–H groups in total. The Kier molecular flexibility index (Phi) is 4.60. The quantitative estimate of drug-likeness (QED) is 0.718. The van der Waals surface area contributed by atoms with E-state index in [2.05, 4.69) is 6.07 Å². The summed E-state index contributed by atoms with van der Waals surface area (Å²) in [4.78, 5) is 0. The topological polar surface area (TPSA) is 26.0 Å². The molecule has 0 aliphatic heterocycles. The molecule has 1 aromatic carbocycles. The number of unbranched alkanes of at least 4 members (excludes halogenated alkanes) is 1. The number of benzene rings is 1. The van der Waals surface area contributed by atoms with Crippen molar-refractivity contribution in [3.05, 3.63) is 35.1 Å². The summed E-state index contributed by atoms with van der Waals surface area (Å²) in [7, 11) is 0. The molecule has 2 heteroatoms. The van der Waals surface area contributed by atoms with Gasteiger partial charge >= 0.3 is 0 Å². The van der Waals surface area contributed by atoms with Gasteiger partial charge < -0.3 is 5.73 Å². The third-order valence-electron chi connectivity index (χ3n) is 2.35. The van der Waals surface area contributed by atoms with E-state index < -0.39 is 0 Å². The number of rotatable bonds is 5. The van der Waals surface area contributed by atoms with Gasteiger partial charge in [-0.15, -0.1) is 0 Å². The summed E-state index contributed by atoms with van der Waals surface area (Å²) in [5.74, 6) is -0.118. The lowest BCUT2D eigenvalue weighted by Crippen LogP contribution is -1.99. The van der Waals surface area contributed by atoms with Gasteiger partial charge in [0.05, 0.1) is 0 Å². The smallest absolute Gasteiger partial charge is 0.123 e. The first-order valence-corrected chi connectivity index (χ1v) is 5.24. The van der Waals surface area contributed by atoms with E-state index in [1.807, 2.05) is 6.92 Å². The van der Waals surface area contributed by atoms with Gasteiger partial charge in [0.25, 0.3) is 0 Å². The maximum absolute atomic E-state index is 13.1. The molecule has 0 radical (unpaired) electrons. The Morgan fingerprint density at radius 3 is 2.50 bits per heavy atom. The van der Waals surface area contributed by atoms with Crippen molar-refractivity contribution in [2.24, 2.45) is 5.73 Å².